The summed E-state index contributed by atoms with van der Waals surface area (Å²) in [4.78, 5) is 28.1. The van der Waals surface area contributed by atoms with Gasteiger partial charge in [0.2, 0.25) is 5.91 Å². The van der Waals surface area contributed by atoms with Crippen LogP contribution in [0.3, 0.4) is 0 Å². The monoisotopic (exact) mass is 429 g/mol. The van der Waals surface area contributed by atoms with E-state index in [9.17, 15) is 14.9 Å². The van der Waals surface area contributed by atoms with E-state index in [1.54, 1.807) is 22.7 Å². The number of fused-ring (bicyclic) bond motifs is 1. The van der Waals surface area contributed by atoms with Crippen LogP contribution in [0.2, 0.25) is 0 Å². The molecule has 3 aromatic rings. The molecule has 0 bridgehead atoms. The summed E-state index contributed by atoms with van der Waals surface area (Å²) in [5.41, 5.74) is 1.45. The molecule has 0 saturated carbocycles. The number of hydrogen-bond acceptors (Lipinski definition) is 7. The fourth-order valence-electron chi connectivity index (χ4n) is 3.60. The molecule has 4 rings (SSSR count). The van der Waals surface area contributed by atoms with Crippen molar-refractivity contribution >= 4 is 40.0 Å². The number of carbonyl (C=O) groups is 1. The molecular weight excluding hydrogens is 410 g/mol. The number of amides is 1. The molecule has 0 fully saturated rings. The molecule has 150 valence electrons. The van der Waals surface area contributed by atoms with Crippen LogP contribution in [0.15, 0.2) is 47.2 Å². The highest BCUT2D eigenvalue weighted by Gasteiger charge is 2.31. The van der Waals surface area contributed by atoms with E-state index in [1.807, 2.05) is 11.4 Å². The third kappa shape index (κ3) is 4.02. The van der Waals surface area contributed by atoms with Gasteiger partial charge < -0.3 is 10.1 Å². The van der Waals surface area contributed by atoms with Crippen LogP contribution in [0, 0.1) is 10.1 Å². The Morgan fingerprint density at radius 3 is 2.90 bits per heavy atom. The number of non-ortho nitro benzene ring substituents is 1. The average Bonchev–Trinajstić information content (AvgIpc) is 3.39. The Morgan fingerprint density at radius 2 is 2.17 bits per heavy atom. The van der Waals surface area contributed by atoms with Crippen LogP contribution in [0.5, 0.6) is 5.75 Å². The van der Waals surface area contributed by atoms with Crippen LogP contribution in [0.1, 0.15) is 21.4 Å². The number of hydrogen-bond donors (Lipinski definition) is 1. The Balaban J connectivity index is 1.55. The number of methoxy groups -OCH3 is 1. The number of nitrogens with zero attached hydrogens (tertiary/aromatic N) is 2. The maximum atomic E-state index is 12.8. The molecule has 2 aromatic heterocycles. The maximum absolute atomic E-state index is 12.8. The van der Waals surface area contributed by atoms with Gasteiger partial charge in [-0.3, -0.25) is 19.8 Å². The Hall–Kier alpha value is -2.75. The van der Waals surface area contributed by atoms with E-state index in [1.165, 1.54) is 40.6 Å². The van der Waals surface area contributed by atoms with E-state index in [0.29, 0.717) is 11.4 Å². The predicted octanol–water partition coefficient (Wildman–Crippen LogP) is 4.31. The minimum atomic E-state index is -0.495. The van der Waals surface area contributed by atoms with Gasteiger partial charge in [0.25, 0.3) is 5.69 Å². The van der Waals surface area contributed by atoms with Crippen LogP contribution in [0.25, 0.3) is 0 Å². The van der Waals surface area contributed by atoms with Crippen molar-refractivity contribution in [3.05, 3.63) is 72.6 Å². The topological polar surface area (TPSA) is 84.7 Å². The molecule has 1 aliphatic rings. The first-order valence-corrected chi connectivity index (χ1v) is 10.8. The van der Waals surface area contributed by atoms with Gasteiger partial charge in [-0.2, -0.15) is 0 Å². The molecule has 1 N–H and O–H groups in total. The second-order valence-corrected chi connectivity index (χ2v) is 8.61. The summed E-state index contributed by atoms with van der Waals surface area (Å²) in [6.45, 7) is 0.958. The van der Waals surface area contributed by atoms with Gasteiger partial charge in [0, 0.05) is 28.4 Å². The summed E-state index contributed by atoms with van der Waals surface area (Å²) in [7, 11) is 1.46. The van der Waals surface area contributed by atoms with E-state index in [-0.39, 0.29) is 24.2 Å². The molecule has 29 heavy (non-hydrogen) atoms. The lowest BCUT2D eigenvalue weighted by molar-refractivity contribution is -0.384. The van der Waals surface area contributed by atoms with Crippen molar-refractivity contribution in [2.45, 2.75) is 12.5 Å². The molecule has 7 nitrogen and oxygen atoms in total. The number of nitro benzene ring substituents is 1. The van der Waals surface area contributed by atoms with Crippen molar-refractivity contribution in [1.82, 2.24) is 4.90 Å². The van der Waals surface area contributed by atoms with Crippen LogP contribution in [-0.2, 0) is 11.2 Å². The number of benzene rings is 1. The van der Waals surface area contributed by atoms with E-state index in [2.05, 4.69) is 27.7 Å². The first kappa shape index (κ1) is 19.6. The van der Waals surface area contributed by atoms with Crippen LogP contribution >= 0.6 is 22.7 Å². The highest BCUT2D eigenvalue weighted by Crippen LogP contribution is 2.39. The van der Waals surface area contributed by atoms with E-state index < -0.39 is 4.92 Å². The summed E-state index contributed by atoms with van der Waals surface area (Å²) >= 11 is 3.43. The molecule has 1 amide bonds. The van der Waals surface area contributed by atoms with Gasteiger partial charge in [-0.15, -0.1) is 22.7 Å². The zero-order chi connectivity index (χ0) is 20.4. The van der Waals surface area contributed by atoms with Crippen LogP contribution in [0.4, 0.5) is 11.4 Å². The smallest absolute Gasteiger partial charge is 0.271 e. The number of rotatable bonds is 6. The zero-order valence-electron chi connectivity index (χ0n) is 15.7. The molecule has 0 radical (unpaired) electrons. The highest BCUT2D eigenvalue weighted by atomic mass is 32.1. The molecule has 1 aliphatic heterocycles. The second kappa shape index (κ2) is 8.32. The molecule has 9 heteroatoms. The Labute approximate surface area is 175 Å². The zero-order valence-corrected chi connectivity index (χ0v) is 17.3. The standard InChI is InChI=1S/C20H19N3O4S2/c1-27-16-5-4-13(23(25)26)11-15(16)21-19(24)12-22-8-6-17-14(7-10-29-17)20(22)18-3-2-9-28-18/h2-5,7,9-11,20H,6,8,12H2,1H3,(H,21,24)/t20-/m1/s1. The number of thiophene rings is 2. The number of nitro groups is 1. The predicted molar refractivity (Wildman–Crippen MR) is 114 cm³/mol. The summed E-state index contributed by atoms with van der Waals surface area (Å²) in [6.07, 6.45) is 0.905. The fraction of sp³-hybridized carbons (Fsp3) is 0.250. The molecule has 0 saturated heterocycles. The summed E-state index contributed by atoms with van der Waals surface area (Å²) in [6, 6.07) is 10.5. The normalized spacial score (nSPS) is 16.2. The minimum Gasteiger partial charge on any atom is -0.495 e. The van der Waals surface area contributed by atoms with Crippen molar-refractivity contribution in [3.63, 3.8) is 0 Å². The van der Waals surface area contributed by atoms with E-state index in [4.69, 9.17) is 4.74 Å². The van der Waals surface area contributed by atoms with Crippen molar-refractivity contribution in [2.24, 2.45) is 0 Å². The summed E-state index contributed by atoms with van der Waals surface area (Å²) < 4.78 is 5.24. The molecular formula is C20H19N3O4S2. The lowest BCUT2D eigenvalue weighted by Gasteiger charge is -2.34. The third-order valence-corrected chi connectivity index (χ3v) is 6.81. The fourth-order valence-corrected chi connectivity index (χ4v) is 5.38. The molecule has 1 aromatic carbocycles. The Morgan fingerprint density at radius 1 is 1.31 bits per heavy atom. The first-order valence-electron chi connectivity index (χ1n) is 9.03. The molecule has 0 unspecified atom stereocenters. The van der Waals surface area contributed by atoms with Crippen molar-refractivity contribution in [2.75, 3.05) is 25.5 Å². The SMILES string of the molecule is COc1ccc([N+](=O)[O-])cc1NC(=O)CN1CCc2sccc2[C@@H]1c1cccs1. The summed E-state index contributed by atoms with van der Waals surface area (Å²) in [5.74, 6) is 0.154. The molecule has 1 atom stereocenters. The maximum Gasteiger partial charge on any atom is 0.271 e. The number of anilines is 1. The molecule has 0 aliphatic carbocycles. The third-order valence-electron chi connectivity index (χ3n) is 4.89. The van der Waals surface area contributed by atoms with Crippen molar-refractivity contribution in [3.8, 4) is 5.75 Å². The lowest BCUT2D eigenvalue weighted by atomic mass is 9.98. The number of ether oxygens (including phenoxy) is 1. The second-order valence-electron chi connectivity index (χ2n) is 6.63. The van der Waals surface area contributed by atoms with Gasteiger partial charge in [0.1, 0.15) is 5.75 Å². The quantitative estimate of drug-likeness (QED) is 0.466. The van der Waals surface area contributed by atoms with Gasteiger partial charge in [-0.05, 0) is 40.9 Å². The van der Waals surface area contributed by atoms with Gasteiger partial charge in [0.05, 0.1) is 30.3 Å². The van der Waals surface area contributed by atoms with Gasteiger partial charge >= 0.3 is 0 Å². The summed E-state index contributed by atoms with van der Waals surface area (Å²) in [5, 5.41) is 18.0. The van der Waals surface area contributed by atoms with Gasteiger partial charge in [-0.25, -0.2) is 0 Å². The Kier molecular flexibility index (Phi) is 5.61. The largest absolute Gasteiger partial charge is 0.495 e. The van der Waals surface area contributed by atoms with E-state index >= 15 is 0 Å². The van der Waals surface area contributed by atoms with Crippen LogP contribution in [-0.4, -0.2) is 35.9 Å². The highest BCUT2D eigenvalue weighted by molar-refractivity contribution is 7.10. The lowest BCUT2D eigenvalue weighted by Crippen LogP contribution is -2.40. The Bertz CT molecular complexity index is 1030. The van der Waals surface area contributed by atoms with Crippen LogP contribution < -0.4 is 10.1 Å². The van der Waals surface area contributed by atoms with Gasteiger partial charge in [0.15, 0.2) is 0 Å². The minimum absolute atomic E-state index is 0.0442. The molecule has 0 spiro atoms. The number of nitrogens with one attached hydrogen (secondary N) is 1. The van der Waals surface area contributed by atoms with E-state index in [0.717, 1.165) is 13.0 Å². The molecule has 3 heterocycles. The van der Waals surface area contributed by atoms with Crippen molar-refractivity contribution < 1.29 is 14.5 Å². The van der Waals surface area contributed by atoms with Gasteiger partial charge in [-0.1, -0.05) is 6.07 Å². The number of carbonyl (C=O) groups excluding carboxylic acids is 1. The first-order chi connectivity index (χ1) is 14.1. The van der Waals surface area contributed by atoms with Crippen molar-refractivity contribution in [1.29, 1.82) is 0 Å². The average molecular weight is 430 g/mol.